The van der Waals surface area contributed by atoms with E-state index >= 15 is 0 Å². The molecule has 1 heterocycles. The monoisotopic (exact) mass is 281 g/mol. The zero-order valence-electron chi connectivity index (χ0n) is 11.5. The van der Waals surface area contributed by atoms with Gasteiger partial charge >= 0.3 is 0 Å². The molecular weight excluding hydrogens is 264 g/mol. The number of piperidine rings is 1. The zero-order chi connectivity index (χ0) is 14.9. The summed E-state index contributed by atoms with van der Waals surface area (Å²) in [5, 5.41) is 2.27. The van der Waals surface area contributed by atoms with E-state index in [2.05, 4.69) is 5.32 Å². The molecule has 0 spiro atoms. The van der Waals surface area contributed by atoms with Crippen LogP contribution in [0.25, 0.3) is 0 Å². The number of halogens is 2. The standard InChI is InChI=1S/C15H17F2NO2/c1-8(2)6-11-10(7-13(19)18-15(11)20)9-4-3-5-12(16)14(9)17/h3-5,8,10-11H,6-7H2,1-2H3,(H,18,19,20). The van der Waals surface area contributed by atoms with E-state index in [9.17, 15) is 18.4 Å². The van der Waals surface area contributed by atoms with Gasteiger partial charge in [0.15, 0.2) is 11.6 Å². The van der Waals surface area contributed by atoms with Crippen LogP contribution in [0, 0.1) is 23.5 Å². The number of rotatable bonds is 3. The van der Waals surface area contributed by atoms with E-state index in [1.54, 1.807) is 0 Å². The van der Waals surface area contributed by atoms with Crippen molar-refractivity contribution in [3.8, 4) is 0 Å². The summed E-state index contributed by atoms with van der Waals surface area (Å²) in [6, 6.07) is 3.88. The third-order valence-corrected chi connectivity index (χ3v) is 3.60. The number of benzene rings is 1. The Hall–Kier alpha value is -1.78. The molecule has 0 saturated carbocycles. The Morgan fingerprint density at radius 1 is 1.30 bits per heavy atom. The van der Waals surface area contributed by atoms with E-state index in [0.29, 0.717) is 6.42 Å². The Bertz CT molecular complexity index is 543. The molecule has 0 aliphatic carbocycles. The minimum absolute atomic E-state index is 0.00347. The van der Waals surface area contributed by atoms with Crippen molar-refractivity contribution in [3.63, 3.8) is 0 Å². The highest BCUT2D eigenvalue weighted by molar-refractivity contribution is 5.99. The van der Waals surface area contributed by atoms with Crippen molar-refractivity contribution < 1.29 is 18.4 Å². The summed E-state index contributed by atoms with van der Waals surface area (Å²) in [7, 11) is 0. The largest absolute Gasteiger partial charge is 0.296 e. The second-order valence-corrected chi connectivity index (χ2v) is 5.60. The highest BCUT2D eigenvalue weighted by Gasteiger charge is 2.38. The second kappa shape index (κ2) is 5.69. The van der Waals surface area contributed by atoms with Gasteiger partial charge in [-0.1, -0.05) is 26.0 Å². The maximum absolute atomic E-state index is 13.9. The lowest BCUT2D eigenvalue weighted by Gasteiger charge is -2.31. The zero-order valence-corrected chi connectivity index (χ0v) is 11.5. The van der Waals surface area contributed by atoms with Crippen LogP contribution in [-0.2, 0) is 9.59 Å². The van der Waals surface area contributed by atoms with E-state index in [1.807, 2.05) is 13.8 Å². The number of carbonyl (C=O) groups excluding carboxylic acids is 2. The topological polar surface area (TPSA) is 46.2 Å². The van der Waals surface area contributed by atoms with Gasteiger partial charge in [0, 0.05) is 18.3 Å². The average molecular weight is 281 g/mol. The molecule has 108 valence electrons. The van der Waals surface area contributed by atoms with Crippen LogP contribution >= 0.6 is 0 Å². The van der Waals surface area contributed by atoms with Crippen LogP contribution in [0.3, 0.4) is 0 Å². The first-order valence-electron chi connectivity index (χ1n) is 6.67. The minimum Gasteiger partial charge on any atom is -0.296 e. The van der Waals surface area contributed by atoms with Gasteiger partial charge in [-0.2, -0.15) is 0 Å². The van der Waals surface area contributed by atoms with Crippen LogP contribution in [-0.4, -0.2) is 11.8 Å². The lowest BCUT2D eigenvalue weighted by molar-refractivity contribution is -0.137. The molecule has 1 N–H and O–H groups in total. The first-order valence-corrected chi connectivity index (χ1v) is 6.67. The van der Waals surface area contributed by atoms with Gasteiger partial charge in [-0.15, -0.1) is 0 Å². The van der Waals surface area contributed by atoms with Crippen molar-refractivity contribution in [3.05, 3.63) is 35.4 Å². The summed E-state index contributed by atoms with van der Waals surface area (Å²) in [6.07, 6.45) is 0.531. The molecule has 3 nitrogen and oxygen atoms in total. The molecule has 2 rings (SSSR count). The Morgan fingerprint density at radius 2 is 2.00 bits per heavy atom. The highest BCUT2D eigenvalue weighted by Crippen LogP contribution is 2.36. The second-order valence-electron chi connectivity index (χ2n) is 5.60. The van der Waals surface area contributed by atoms with Gasteiger partial charge in [-0.05, 0) is 24.0 Å². The maximum Gasteiger partial charge on any atom is 0.230 e. The van der Waals surface area contributed by atoms with Crippen molar-refractivity contribution >= 4 is 11.8 Å². The van der Waals surface area contributed by atoms with E-state index in [4.69, 9.17) is 0 Å². The molecule has 0 aromatic heterocycles. The molecule has 1 aliphatic heterocycles. The Kier molecular flexibility index (Phi) is 4.16. The summed E-state index contributed by atoms with van der Waals surface area (Å²) in [4.78, 5) is 23.5. The van der Waals surface area contributed by atoms with Gasteiger partial charge in [0.2, 0.25) is 11.8 Å². The molecule has 2 amide bonds. The Labute approximate surface area is 116 Å². The normalized spacial score (nSPS) is 23.1. The van der Waals surface area contributed by atoms with Gasteiger partial charge in [0.25, 0.3) is 0 Å². The van der Waals surface area contributed by atoms with Crippen molar-refractivity contribution in [1.82, 2.24) is 5.32 Å². The van der Waals surface area contributed by atoms with Crippen LogP contribution in [0.4, 0.5) is 8.78 Å². The van der Waals surface area contributed by atoms with Crippen LogP contribution in [0.1, 0.15) is 38.2 Å². The van der Waals surface area contributed by atoms with E-state index in [-0.39, 0.29) is 17.9 Å². The average Bonchev–Trinajstić information content (AvgIpc) is 2.35. The third-order valence-electron chi connectivity index (χ3n) is 3.60. The van der Waals surface area contributed by atoms with Gasteiger partial charge < -0.3 is 0 Å². The van der Waals surface area contributed by atoms with Crippen molar-refractivity contribution in [2.24, 2.45) is 11.8 Å². The van der Waals surface area contributed by atoms with Crippen LogP contribution < -0.4 is 5.32 Å². The fourth-order valence-electron chi connectivity index (χ4n) is 2.72. The minimum atomic E-state index is -0.964. The molecule has 1 fully saturated rings. The molecule has 2 unspecified atom stereocenters. The number of amides is 2. The molecular formula is C15H17F2NO2. The quantitative estimate of drug-likeness (QED) is 0.866. The number of imide groups is 1. The molecule has 5 heteroatoms. The fourth-order valence-corrected chi connectivity index (χ4v) is 2.72. The first kappa shape index (κ1) is 14.6. The first-order chi connectivity index (χ1) is 9.40. The predicted octanol–water partition coefficient (Wildman–Crippen LogP) is 2.76. The third kappa shape index (κ3) is 2.86. The molecule has 1 aromatic carbocycles. The van der Waals surface area contributed by atoms with Crippen molar-refractivity contribution in [2.75, 3.05) is 0 Å². The Balaban J connectivity index is 2.40. The fraction of sp³-hybridized carbons (Fsp3) is 0.467. The van der Waals surface area contributed by atoms with Crippen molar-refractivity contribution in [2.45, 2.75) is 32.6 Å². The number of carbonyl (C=O) groups is 2. The summed E-state index contributed by atoms with van der Waals surface area (Å²) in [6.45, 7) is 3.89. The van der Waals surface area contributed by atoms with Gasteiger partial charge in [-0.25, -0.2) is 8.78 Å². The van der Waals surface area contributed by atoms with E-state index < -0.39 is 35.3 Å². The summed E-state index contributed by atoms with van der Waals surface area (Å²) < 4.78 is 27.3. The lowest BCUT2D eigenvalue weighted by atomic mass is 9.76. The SMILES string of the molecule is CC(C)CC1C(=O)NC(=O)CC1c1cccc(F)c1F. The molecule has 1 saturated heterocycles. The molecule has 0 radical (unpaired) electrons. The highest BCUT2D eigenvalue weighted by atomic mass is 19.2. The van der Waals surface area contributed by atoms with Gasteiger partial charge in [-0.3, -0.25) is 14.9 Å². The molecule has 1 aromatic rings. The summed E-state index contributed by atoms with van der Waals surface area (Å²) >= 11 is 0. The van der Waals surface area contributed by atoms with E-state index in [1.165, 1.54) is 12.1 Å². The summed E-state index contributed by atoms with van der Waals surface area (Å²) in [5.74, 6) is -3.65. The number of nitrogens with one attached hydrogen (secondary N) is 1. The molecule has 1 aliphatic rings. The lowest BCUT2D eigenvalue weighted by Crippen LogP contribution is -2.45. The summed E-state index contributed by atoms with van der Waals surface area (Å²) in [5.41, 5.74) is 0.110. The predicted molar refractivity (Wildman–Crippen MR) is 69.8 cm³/mol. The Morgan fingerprint density at radius 3 is 2.65 bits per heavy atom. The van der Waals surface area contributed by atoms with Gasteiger partial charge in [0.05, 0.1) is 0 Å². The van der Waals surface area contributed by atoms with Crippen LogP contribution in [0.2, 0.25) is 0 Å². The van der Waals surface area contributed by atoms with Crippen LogP contribution in [0.5, 0.6) is 0 Å². The van der Waals surface area contributed by atoms with E-state index in [0.717, 1.165) is 6.07 Å². The molecule has 20 heavy (non-hydrogen) atoms. The smallest absolute Gasteiger partial charge is 0.230 e. The van der Waals surface area contributed by atoms with Gasteiger partial charge in [0.1, 0.15) is 0 Å². The van der Waals surface area contributed by atoms with Crippen LogP contribution in [0.15, 0.2) is 18.2 Å². The molecule has 2 atom stereocenters. The van der Waals surface area contributed by atoms with Crippen molar-refractivity contribution in [1.29, 1.82) is 0 Å². The number of hydrogen-bond donors (Lipinski definition) is 1. The molecule has 0 bridgehead atoms. The maximum atomic E-state index is 13.9. The number of hydrogen-bond acceptors (Lipinski definition) is 2.